The van der Waals surface area contributed by atoms with Crippen LogP contribution in [0.4, 0.5) is 0 Å². The highest BCUT2D eigenvalue weighted by Gasteiger charge is 2.14. The van der Waals surface area contributed by atoms with Gasteiger partial charge in [-0.3, -0.25) is 9.78 Å². The zero-order valence-corrected chi connectivity index (χ0v) is 14.4. The van der Waals surface area contributed by atoms with Crippen LogP contribution < -0.4 is 5.73 Å². The molecule has 0 spiro atoms. The second-order valence-corrected chi connectivity index (χ2v) is 6.09. The van der Waals surface area contributed by atoms with Crippen LogP contribution in [0.2, 0.25) is 0 Å². The monoisotopic (exact) mass is 335 g/mol. The van der Waals surface area contributed by atoms with E-state index in [9.17, 15) is 4.79 Å². The summed E-state index contributed by atoms with van der Waals surface area (Å²) in [7, 11) is 0. The molecule has 0 atom stereocenters. The maximum Gasteiger partial charge on any atom is 0.225 e. The Morgan fingerprint density at radius 2 is 1.76 bits per heavy atom. The lowest BCUT2D eigenvalue weighted by Gasteiger charge is -2.07. The maximum atomic E-state index is 11.2. The van der Waals surface area contributed by atoms with Crippen molar-refractivity contribution in [3.8, 4) is 11.4 Å². The van der Waals surface area contributed by atoms with Crippen LogP contribution >= 0.6 is 0 Å². The summed E-state index contributed by atoms with van der Waals surface area (Å²) in [6.07, 6.45) is 0.866. The molecule has 3 aromatic rings. The molecular weight excluding hydrogens is 314 g/mol. The number of nitrogens with two attached hydrogens (primary N) is 1. The molecule has 2 N–H and O–H groups in total. The van der Waals surface area contributed by atoms with Gasteiger partial charge in [-0.25, -0.2) is 9.67 Å². The van der Waals surface area contributed by atoms with Crippen molar-refractivity contribution in [2.24, 2.45) is 5.73 Å². The summed E-state index contributed by atoms with van der Waals surface area (Å²) in [5.41, 5.74) is 9.31. The fourth-order valence-corrected chi connectivity index (χ4v) is 2.83. The third-order valence-electron chi connectivity index (χ3n) is 3.84. The van der Waals surface area contributed by atoms with Gasteiger partial charge < -0.3 is 5.73 Å². The van der Waals surface area contributed by atoms with Crippen LogP contribution in [0.3, 0.4) is 0 Å². The molecule has 0 aliphatic carbocycles. The van der Waals surface area contributed by atoms with E-state index in [1.54, 1.807) is 0 Å². The summed E-state index contributed by atoms with van der Waals surface area (Å²) in [4.78, 5) is 20.2. The number of pyridine rings is 1. The molecule has 0 unspecified atom stereocenters. The molecule has 6 nitrogen and oxygen atoms in total. The standard InChI is InChI=1S/C19H21N5O/c1-13-10-16(11-14(2)21-13)19-22-18(12-17(20)25)23-24(19)9-8-15-6-4-3-5-7-15/h3-7,10-11H,8-9,12H2,1-2H3,(H2,20,25). The van der Waals surface area contributed by atoms with E-state index in [0.717, 1.165) is 29.2 Å². The lowest BCUT2D eigenvalue weighted by molar-refractivity contribution is -0.117. The largest absolute Gasteiger partial charge is 0.369 e. The Bertz CT molecular complexity index is 866. The number of rotatable bonds is 6. The van der Waals surface area contributed by atoms with E-state index in [-0.39, 0.29) is 6.42 Å². The van der Waals surface area contributed by atoms with E-state index in [2.05, 4.69) is 27.2 Å². The Morgan fingerprint density at radius 3 is 2.40 bits per heavy atom. The zero-order chi connectivity index (χ0) is 17.8. The third-order valence-corrected chi connectivity index (χ3v) is 3.84. The van der Waals surface area contributed by atoms with Gasteiger partial charge in [0.2, 0.25) is 5.91 Å². The Hall–Kier alpha value is -3.02. The van der Waals surface area contributed by atoms with E-state index >= 15 is 0 Å². The predicted octanol–water partition coefficient (Wildman–Crippen LogP) is 2.23. The highest BCUT2D eigenvalue weighted by Crippen LogP contribution is 2.20. The number of amides is 1. The van der Waals surface area contributed by atoms with Gasteiger partial charge in [-0.1, -0.05) is 30.3 Å². The van der Waals surface area contributed by atoms with E-state index in [4.69, 9.17) is 5.73 Å². The third kappa shape index (κ3) is 4.29. The van der Waals surface area contributed by atoms with E-state index in [1.165, 1.54) is 5.56 Å². The van der Waals surface area contributed by atoms with Gasteiger partial charge in [0.1, 0.15) is 0 Å². The van der Waals surface area contributed by atoms with Crippen molar-refractivity contribution in [1.82, 2.24) is 19.7 Å². The van der Waals surface area contributed by atoms with Gasteiger partial charge in [0, 0.05) is 23.5 Å². The van der Waals surface area contributed by atoms with Crippen LogP contribution in [0, 0.1) is 13.8 Å². The second-order valence-electron chi connectivity index (χ2n) is 6.09. The molecule has 0 saturated heterocycles. The summed E-state index contributed by atoms with van der Waals surface area (Å²) in [5, 5.41) is 4.49. The number of benzene rings is 1. The fourth-order valence-electron chi connectivity index (χ4n) is 2.83. The molecule has 1 amide bonds. The lowest BCUT2D eigenvalue weighted by Crippen LogP contribution is -2.15. The summed E-state index contributed by atoms with van der Waals surface area (Å²) in [5.74, 6) is 0.748. The first-order chi connectivity index (χ1) is 12.0. The molecular formula is C19H21N5O. The van der Waals surface area contributed by atoms with Crippen molar-refractivity contribution in [2.75, 3.05) is 0 Å². The predicted molar refractivity (Wildman–Crippen MR) is 95.8 cm³/mol. The lowest BCUT2D eigenvalue weighted by atomic mass is 10.1. The van der Waals surface area contributed by atoms with Crippen LogP contribution in [-0.2, 0) is 24.2 Å². The molecule has 2 heterocycles. The van der Waals surface area contributed by atoms with E-state index in [1.807, 2.05) is 48.9 Å². The molecule has 25 heavy (non-hydrogen) atoms. The van der Waals surface area contributed by atoms with Crippen LogP contribution in [0.25, 0.3) is 11.4 Å². The minimum atomic E-state index is -0.436. The Balaban J connectivity index is 1.94. The molecule has 128 valence electrons. The number of nitrogens with zero attached hydrogens (tertiary/aromatic N) is 4. The number of hydrogen-bond donors (Lipinski definition) is 1. The summed E-state index contributed by atoms with van der Waals surface area (Å²) in [6.45, 7) is 4.57. The SMILES string of the molecule is Cc1cc(-c2nc(CC(N)=O)nn2CCc2ccccc2)cc(C)n1. The van der Waals surface area contributed by atoms with Gasteiger partial charge in [-0.05, 0) is 38.0 Å². The first kappa shape index (κ1) is 16.8. The molecule has 0 bridgehead atoms. The van der Waals surface area contributed by atoms with Crippen molar-refractivity contribution < 1.29 is 4.79 Å². The summed E-state index contributed by atoms with van der Waals surface area (Å²) in [6, 6.07) is 14.2. The van der Waals surface area contributed by atoms with Crippen LogP contribution in [0.15, 0.2) is 42.5 Å². The summed E-state index contributed by atoms with van der Waals surface area (Å²) >= 11 is 0. The van der Waals surface area contributed by atoms with Crippen LogP contribution in [0.1, 0.15) is 22.8 Å². The van der Waals surface area contributed by atoms with Crippen molar-refractivity contribution in [2.45, 2.75) is 33.2 Å². The Morgan fingerprint density at radius 1 is 1.08 bits per heavy atom. The van der Waals surface area contributed by atoms with Crippen molar-refractivity contribution in [3.63, 3.8) is 0 Å². The van der Waals surface area contributed by atoms with Crippen molar-refractivity contribution in [3.05, 3.63) is 65.2 Å². The Kier molecular flexibility index (Phi) is 4.88. The molecule has 0 aliphatic heterocycles. The average molecular weight is 335 g/mol. The van der Waals surface area contributed by atoms with Crippen LogP contribution in [0.5, 0.6) is 0 Å². The van der Waals surface area contributed by atoms with Gasteiger partial charge in [0.05, 0.1) is 6.42 Å². The zero-order valence-electron chi connectivity index (χ0n) is 14.4. The van der Waals surface area contributed by atoms with Gasteiger partial charge >= 0.3 is 0 Å². The molecule has 6 heteroatoms. The Labute approximate surface area is 146 Å². The second kappa shape index (κ2) is 7.25. The quantitative estimate of drug-likeness (QED) is 0.748. The number of carbonyl (C=O) groups excluding carboxylic acids is 1. The fraction of sp³-hybridized carbons (Fsp3) is 0.263. The van der Waals surface area contributed by atoms with E-state index in [0.29, 0.717) is 12.4 Å². The highest BCUT2D eigenvalue weighted by atomic mass is 16.1. The first-order valence-corrected chi connectivity index (χ1v) is 8.23. The number of primary amides is 1. The van der Waals surface area contributed by atoms with E-state index < -0.39 is 5.91 Å². The normalized spacial score (nSPS) is 10.8. The minimum Gasteiger partial charge on any atom is -0.369 e. The van der Waals surface area contributed by atoms with Gasteiger partial charge in [-0.2, -0.15) is 5.10 Å². The van der Waals surface area contributed by atoms with Gasteiger partial charge in [-0.15, -0.1) is 0 Å². The molecule has 2 aromatic heterocycles. The number of hydrogen-bond acceptors (Lipinski definition) is 4. The minimum absolute atomic E-state index is 0.0361. The number of carbonyl (C=O) groups is 1. The molecule has 0 fully saturated rings. The van der Waals surface area contributed by atoms with Crippen molar-refractivity contribution in [1.29, 1.82) is 0 Å². The van der Waals surface area contributed by atoms with Gasteiger partial charge in [0.15, 0.2) is 11.6 Å². The molecule has 3 rings (SSSR count). The van der Waals surface area contributed by atoms with Crippen LogP contribution in [-0.4, -0.2) is 25.7 Å². The first-order valence-electron chi connectivity index (χ1n) is 8.23. The smallest absolute Gasteiger partial charge is 0.225 e. The molecule has 0 radical (unpaired) electrons. The average Bonchev–Trinajstić information content (AvgIpc) is 2.95. The summed E-state index contributed by atoms with van der Waals surface area (Å²) < 4.78 is 1.85. The van der Waals surface area contributed by atoms with Crippen molar-refractivity contribution >= 4 is 5.91 Å². The topological polar surface area (TPSA) is 86.7 Å². The number of aromatic nitrogens is 4. The highest BCUT2D eigenvalue weighted by molar-refractivity contribution is 5.75. The molecule has 0 saturated carbocycles. The number of aryl methyl sites for hydroxylation is 4. The van der Waals surface area contributed by atoms with Gasteiger partial charge in [0.25, 0.3) is 0 Å². The maximum absolute atomic E-state index is 11.2. The molecule has 1 aromatic carbocycles. The molecule has 0 aliphatic rings.